The molecule has 0 radical (unpaired) electrons. The molecule has 19 heavy (non-hydrogen) atoms. The molecule has 3 aliphatic rings. The Hall–Kier alpha value is -1.02. The van der Waals surface area contributed by atoms with E-state index < -0.39 is 0 Å². The van der Waals surface area contributed by atoms with Crippen LogP contribution in [0, 0.1) is 17.8 Å². The van der Waals surface area contributed by atoms with Crippen LogP contribution in [0.15, 0.2) is 18.2 Å². The molecule has 0 saturated heterocycles. The Kier molecular flexibility index (Phi) is 2.80. The smallest absolute Gasteiger partial charge is 0.122 e. The third kappa shape index (κ3) is 1.97. The van der Waals surface area contributed by atoms with E-state index in [9.17, 15) is 5.11 Å². The zero-order valence-corrected chi connectivity index (χ0v) is 11.3. The van der Waals surface area contributed by atoms with E-state index >= 15 is 0 Å². The molecular weight excluding hydrogens is 236 g/mol. The van der Waals surface area contributed by atoms with Crippen LogP contribution < -0.4 is 4.74 Å². The number of fused-ring (bicyclic) bond motifs is 3. The first-order chi connectivity index (χ1) is 9.31. The van der Waals surface area contributed by atoms with E-state index in [0.29, 0.717) is 0 Å². The van der Waals surface area contributed by atoms with Crippen LogP contribution in [0.3, 0.4) is 0 Å². The molecule has 4 rings (SSSR count). The fourth-order valence-electron chi connectivity index (χ4n) is 4.51. The number of benzene rings is 1. The Balaban J connectivity index is 1.46. The topological polar surface area (TPSA) is 29.5 Å². The highest BCUT2D eigenvalue weighted by molar-refractivity contribution is 5.44. The number of hydrogen-bond acceptors (Lipinski definition) is 2. The summed E-state index contributed by atoms with van der Waals surface area (Å²) in [5, 5.41) is 9.92. The van der Waals surface area contributed by atoms with Crippen molar-refractivity contribution < 1.29 is 9.84 Å². The second-order valence-electron chi connectivity index (χ2n) is 6.62. The van der Waals surface area contributed by atoms with Crippen LogP contribution >= 0.6 is 0 Å². The minimum absolute atomic E-state index is 0.277. The minimum Gasteiger partial charge on any atom is -0.493 e. The zero-order valence-electron chi connectivity index (χ0n) is 11.3. The monoisotopic (exact) mass is 258 g/mol. The fourth-order valence-corrected chi connectivity index (χ4v) is 4.51. The highest BCUT2D eigenvalue weighted by Gasteiger charge is 2.39. The Bertz CT molecular complexity index is 482. The first-order valence-corrected chi connectivity index (χ1v) is 7.74. The van der Waals surface area contributed by atoms with Crippen molar-refractivity contribution in [3.8, 4) is 5.75 Å². The predicted molar refractivity (Wildman–Crippen MR) is 74.2 cm³/mol. The summed E-state index contributed by atoms with van der Waals surface area (Å²) in [5.41, 5.74) is 2.34. The summed E-state index contributed by atoms with van der Waals surface area (Å²) >= 11 is 0. The van der Waals surface area contributed by atoms with Gasteiger partial charge < -0.3 is 9.84 Å². The molecule has 4 atom stereocenters. The molecule has 4 unspecified atom stereocenters. The standard InChI is InChI=1S/C17H22O2/c18-16-7-6-15-14(16)2-1-3-17(15)19-10-13-9-11-4-5-12(13)8-11/h1-3,11-13,16,18H,4-10H2. The van der Waals surface area contributed by atoms with E-state index in [4.69, 9.17) is 4.74 Å². The van der Waals surface area contributed by atoms with Crippen molar-refractivity contribution in [1.82, 2.24) is 0 Å². The molecule has 3 aliphatic carbocycles. The molecule has 1 N–H and O–H groups in total. The van der Waals surface area contributed by atoms with Crippen LogP contribution in [0.5, 0.6) is 5.75 Å². The van der Waals surface area contributed by atoms with Crippen LogP contribution in [-0.4, -0.2) is 11.7 Å². The Morgan fingerprint density at radius 3 is 2.89 bits per heavy atom. The van der Waals surface area contributed by atoms with Gasteiger partial charge in [0.1, 0.15) is 5.75 Å². The highest BCUT2D eigenvalue weighted by atomic mass is 16.5. The lowest BCUT2D eigenvalue weighted by atomic mass is 9.89. The summed E-state index contributed by atoms with van der Waals surface area (Å²) in [7, 11) is 0. The molecule has 2 heteroatoms. The molecule has 2 fully saturated rings. The first kappa shape index (κ1) is 11.8. The van der Waals surface area contributed by atoms with Crippen molar-refractivity contribution in [2.75, 3.05) is 6.61 Å². The summed E-state index contributed by atoms with van der Waals surface area (Å²) < 4.78 is 6.12. The second kappa shape index (κ2) is 4.52. The SMILES string of the molecule is OC1CCc2c(OCC3CC4CCC3C4)cccc21. The van der Waals surface area contributed by atoms with Crippen molar-refractivity contribution in [2.24, 2.45) is 17.8 Å². The summed E-state index contributed by atoms with van der Waals surface area (Å²) in [6.45, 7) is 0.883. The molecule has 0 heterocycles. The van der Waals surface area contributed by atoms with Crippen LogP contribution in [0.4, 0.5) is 0 Å². The summed E-state index contributed by atoms with van der Waals surface area (Å²) in [6, 6.07) is 6.13. The lowest BCUT2D eigenvalue weighted by molar-refractivity contribution is 0.180. The van der Waals surface area contributed by atoms with Gasteiger partial charge in [0.2, 0.25) is 0 Å². The Morgan fingerprint density at radius 2 is 2.11 bits per heavy atom. The summed E-state index contributed by atoms with van der Waals surface area (Å²) in [5.74, 6) is 3.71. The molecule has 0 amide bonds. The van der Waals surface area contributed by atoms with Crippen molar-refractivity contribution in [3.63, 3.8) is 0 Å². The van der Waals surface area contributed by atoms with Gasteiger partial charge in [-0.15, -0.1) is 0 Å². The minimum atomic E-state index is -0.277. The van der Waals surface area contributed by atoms with Crippen molar-refractivity contribution >= 4 is 0 Å². The number of aliphatic hydroxyl groups is 1. The van der Waals surface area contributed by atoms with Crippen LogP contribution in [-0.2, 0) is 6.42 Å². The molecule has 1 aromatic rings. The lowest BCUT2D eigenvalue weighted by Gasteiger charge is -2.22. The third-order valence-electron chi connectivity index (χ3n) is 5.53. The van der Waals surface area contributed by atoms with Crippen molar-refractivity contribution in [3.05, 3.63) is 29.3 Å². The molecule has 1 aromatic carbocycles. The number of rotatable bonds is 3. The van der Waals surface area contributed by atoms with Crippen molar-refractivity contribution in [1.29, 1.82) is 0 Å². The van der Waals surface area contributed by atoms with E-state index in [-0.39, 0.29) is 6.10 Å². The van der Waals surface area contributed by atoms with Gasteiger partial charge in [0.25, 0.3) is 0 Å². The van der Waals surface area contributed by atoms with Gasteiger partial charge in [0, 0.05) is 5.56 Å². The summed E-state index contributed by atoms with van der Waals surface area (Å²) in [4.78, 5) is 0. The van der Waals surface area contributed by atoms with Crippen LogP contribution in [0.1, 0.15) is 49.3 Å². The Morgan fingerprint density at radius 1 is 1.16 bits per heavy atom. The maximum Gasteiger partial charge on any atom is 0.122 e. The zero-order chi connectivity index (χ0) is 12.8. The number of aliphatic hydroxyl groups excluding tert-OH is 1. The number of hydrogen-bond donors (Lipinski definition) is 1. The third-order valence-corrected chi connectivity index (χ3v) is 5.53. The summed E-state index contributed by atoms with van der Waals surface area (Å²) in [6.07, 6.45) is 7.23. The quantitative estimate of drug-likeness (QED) is 0.899. The second-order valence-corrected chi connectivity index (χ2v) is 6.62. The predicted octanol–water partition coefficient (Wildman–Crippen LogP) is 3.48. The maximum absolute atomic E-state index is 9.92. The van der Waals surface area contributed by atoms with Gasteiger partial charge in [-0.3, -0.25) is 0 Å². The van der Waals surface area contributed by atoms with Gasteiger partial charge >= 0.3 is 0 Å². The van der Waals surface area contributed by atoms with E-state index in [2.05, 4.69) is 6.07 Å². The maximum atomic E-state index is 9.92. The van der Waals surface area contributed by atoms with Gasteiger partial charge in [-0.05, 0) is 61.5 Å². The average molecular weight is 258 g/mol. The number of ether oxygens (including phenoxy) is 1. The highest BCUT2D eigenvalue weighted by Crippen LogP contribution is 2.48. The normalized spacial score (nSPS) is 35.6. The molecule has 2 nitrogen and oxygen atoms in total. The van der Waals surface area contributed by atoms with E-state index in [1.165, 1.54) is 31.2 Å². The molecule has 102 valence electrons. The largest absolute Gasteiger partial charge is 0.493 e. The van der Waals surface area contributed by atoms with Gasteiger partial charge in [-0.2, -0.15) is 0 Å². The van der Waals surface area contributed by atoms with E-state index in [0.717, 1.165) is 48.5 Å². The lowest BCUT2D eigenvalue weighted by Crippen LogP contribution is -2.18. The first-order valence-electron chi connectivity index (χ1n) is 7.74. The average Bonchev–Trinajstić information content (AvgIpc) is 3.12. The van der Waals surface area contributed by atoms with Crippen molar-refractivity contribution in [2.45, 2.75) is 44.6 Å². The van der Waals surface area contributed by atoms with Crippen LogP contribution in [0.2, 0.25) is 0 Å². The van der Waals surface area contributed by atoms with Crippen LogP contribution in [0.25, 0.3) is 0 Å². The van der Waals surface area contributed by atoms with Gasteiger partial charge in [-0.25, -0.2) is 0 Å². The molecule has 0 aromatic heterocycles. The molecule has 0 aliphatic heterocycles. The molecule has 2 saturated carbocycles. The van der Waals surface area contributed by atoms with Gasteiger partial charge in [-0.1, -0.05) is 18.6 Å². The van der Waals surface area contributed by atoms with Gasteiger partial charge in [0.15, 0.2) is 0 Å². The molecule has 0 spiro atoms. The van der Waals surface area contributed by atoms with Gasteiger partial charge in [0.05, 0.1) is 12.7 Å². The molecule has 2 bridgehead atoms. The van der Waals surface area contributed by atoms with E-state index in [1.54, 1.807) is 0 Å². The van der Waals surface area contributed by atoms with E-state index in [1.807, 2.05) is 12.1 Å². The molecular formula is C17H22O2. The fraction of sp³-hybridized carbons (Fsp3) is 0.647. The Labute approximate surface area is 114 Å².